The lowest BCUT2D eigenvalue weighted by Gasteiger charge is -2.13. The fourth-order valence-corrected chi connectivity index (χ4v) is 6.30. The molecule has 5 heteroatoms. The van der Waals surface area contributed by atoms with Crippen LogP contribution >= 0.6 is 0 Å². The molecular weight excluding hydrogens is 589 g/mol. The third-order valence-corrected chi connectivity index (χ3v) is 8.44. The topological polar surface area (TPSA) is 56.7 Å². The average Bonchev–Trinajstić information content (AvgIpc) is 3.82. The van der Waals surface area contributed by atoms with Crippen LogP contribution in [0.2, 0.25) is 0 Å². The van der Waals surface area contributed by atoms with Crippen molar-refractivity contribution in [2.75, 3.05) is 0 Å². The maximum absolute atomic E-state index is 9.68. The van der Waals surface area contributed by atoms with E-state index in [0.29, 0.717) is 44.8 Å². The van der Waals surface area contributed by atoms with E-state index in [2.05, 4.69) is 0 Å². The first kappa shape index (κ1) is 18.5. The van der Waals surface area contributed by atoms with Gasteiger partial charge in [-0.25, -0.2) is 15.0 Å². The predicted octanol–water partition coefficient (Wildman–Crippen LogP) is 11.0. The van der Waals surface area contributed by atoms with Gasteiger partial charge >= 0.3 is 0 Å². The highest BCUT2D eigenvalue weighted by atomic mass is 16.3. The first-order valence-corrected chi connectivity index (χ1v) is 15.2. The number of benzene rings is 7. The summed E-state index contributed by atoms with van der Waals surface area (Å²) in [6, 6.07) is 24.7. The van der Waals surface area contributed by atoms with Crippen molar-refractivity contribution in [1.29, 1.82) is 0 Å². The van der Waals surface area contributed by atoms with E-state index in [-0.39, 0.29) is 44.4 Å². The van der Waals surface area contributed by atoms with E-state index in [9.17, 15) is 4.11 Å². The molecule has 0 saturated heterocycles. The molecule has 3 aromatic heterocycles. The van der Waals surface area contributed by atoms with Crippen LogP contribution in [-0.4, -0.2) is 19.5 Å². The van der Waals surface area contributed by atoms with E-state index in [4.69, 9.17) is 29.0 Å². The van der Waals surface area contributed by atoms with Crippen LogP contribution in [0.15, 0.2) is 162 Å². The quantitative estimate of drug-likeness (QED) is 0.195. The van der Waals surface area contributed by atoms with Gasteiger partial charge in [-0.15, -0.1) is 0 Å². The number of rotatable bonds is 4. The molecule has 0 amide bonds. The van der Waals surface area contributed by atoms with Gasteiger partial charge in [-0.3, -0.25) is 0 Å². The summed E-state index contributed by atoms with van der Waals surface area (Å²) in [5.74, 6) is 1.05. The molecule has 0 atom stereocenters. The molecule has 3 heterocycles. The van der Waals surface area contributed by atoms with Gasteiger partial charge in [-0.1, -0.05) is 121 Å². The van der Waals surface area contributed by atoms with Crippen LogP contribution in [-0.2, 0) is 0 Å². The summed E-state index contributed by atoms with van der Waals surface area (Å²) in [6.07, 6.45) is 0. The standard InChI is InChI=1S/C43H26N4O/c1-3-13-27(14-4-1)41-44-42(28-15-5-2-6-16-28)46-43(45-41)31-25-37(40-33-20-10-12-22-38(33)48-39(40)26-31)47-35-21-11-9-19-32(35)34-23-29-17-7-8-18-30(29)24-36(34)47/h1-26H/i7D,8D,9D,11D,17D,18D,19D,21D,23D,24D. The molecule has 0 aliphatic rings. The van der Waals surface area contributed by atoms with E-state index in [1.165, 1.54) is 4.57 Å². The van der Waals surface area contributed by atoms with Crippen LogP contribution in [0.4, 0.5) is 0 Å². The van der Waals surface area contributed by atoms with Crippen LogP contribution < -0.4 is 0 Å². The van der Waals surface area contributed by atoms with Crippen LogP contribution in [0.3, 0.4) is 0 Å². The smallest absolute Gasteiger partial charge is 0.164 e. The molecular formula is C43H26N4O. The van der Waals surface area contributed by atoms with Gasteiger partial charge in [0, 0.05) is 32.8 Å². The van der Waals surface area contributed by atoms with Crippen molar-refractivity contribution in [2.45, 2.75) is 0 Å². The Morgan fingerprint density at radius 2 is 1.10 bits per heavy atom. The highest BCUT2D eigenvalue weighted by Gasteiger charge is 2.21. The second-order valence-corrected chi connectivity index (χ2v) is 11.3. The minimum Gasteiger partial charge on any atom is -0.456 e. The lowest BCUT2D eigenvalue weighted by atomic mass is 10.1. The van der Waals surface area contributed by atoms with Gasteiger partial charge in [-0.2, -0.15) is 0 Å². The molecule has 0 bridgehead atoms. The number of nitrogens with zero attached hydrogens (tertiary/aromatic N) is 4. The number of furan rings is 1. The van der Waals surface area contributed by atoms with Crippen LogP contribution in [0, 0.1) is 0 Å². The fraction of sp³-hybridized carbons (Fsp3) is 0. The monoisotopic (exact) mass is 624 g/mol. The van der Waals surface area contributed by atoms with Crippen molar-refractivity contribution in [3.05, 3.63) is 157 Å². The molecule has 0 radical (unpaired) electrons. The Hall–Kier alpha value is -6.59. The predicted molar refractivity (Wildman–Crippen MR) is 195 cm³/mol. The third-order valence-electron chi connectivity index (χ3n) is 8.44. The molecule has 0 unspecified atom stereocenters. The van der Waals surface area contributed by atoms with Crippen LogP contribution in [0.1, 0.15) is 13.7 Å². The van der Waals surface area contributed by atoms with E-state index in [0.717, 1.165) is 11.1 Å². The SMILES string of the molecule is [2H]c1c([2H])c([2H])c2c([2H])c3c(c([2H])c2c1[2H])c1c([2H])c([2H])c([2H])c([2H])c1n3-c1cc(-c2nc(-c3ccccc3)nc(-c3ccccc3)n2)cc2oc3ccccc3c12. The maximum atomic E-state index is 9.68. The molecule has 7 aromatic carbocycles. The molecule has 10 rings (SSSR count). The molecule has 0 fully saturated rings. The van der Waals surface area contributed by atoms with Gasteiger partial charge in [0.1, 0.15) is 11.2 Å². The summed E-state index contributed by atoms with van der Waals surface area (Å²) < 4.78 is 97.5. The number of aromatic nitrogens is 4. The summed E-state index contributed by atoms with van der Waals surface area (Å²) in [7, 11) is 0. The van der Waals surface area contributed by atoms with Gasteiger partial charge < -0.3 is 8.98 Å². The zero-order valence-electron chi connectivity index (χ0n) is 34.9. The Morgan fingerprint density at radius 3 is 1.83 bits per heavy atom. The first-order chi connectivity index (χ1) is 28.0. The van der Waals surface area contributed by atoms with Crippen molar-refractivity contribution in [3.63, 3.8) is 0 Å². The van der Waals surface area contributed by atoms with Gasteiger partial charge in [0.15, 0.2) is 17.5 Å². The number of hydrogen-bond acceptors (Lipinski definition) is 4. The Kier molecular flexibility index (Phi) is 4.04. The fourth-order valence-electron chi connectivity index (χ4n) is 6.30. The lowest BCUT2D eigenvalue weighted by Crippen LogP contribution is -2.01. The van der Waals surface area contributed by atoms with Gasteiger partial charge in [0.25, 0.3) is 0 Å². The normalized spacial score (nSPS) is 14.7. The second kappa shape index (κ2) is 10.5. The number of fused-ring (bicyclic) bond motifs is 7. The minimum absolute atomic E-state index is 0.0427. The van der Waals surface area contributed by atoms with E-state index < -0.39 is 54.4 Å². The van der Waals surface area contributed by atoms with Crippen molar-refractivity contribution in [1.82, 2.24) is 19.5 Å². The summed E-state index contributed by atoms with van der Waals surface area (Å²) in [6.45, 7) is 0. The molecule has 224 valence electrons. The number of para-hydroxylation sites is 2. The number of hydrogen-bond donors (Lipinski definition) is 0. The van der Waals surface area contributed by atoms with E-state index in [1.807, 2.05) is 78.9 Å². The highest BCUT2D eigenvalue weighted by Crippen LogP contribution is 2.41. The van der Waals surface area contributed by atoms with E-state index in [1.54, 1.807) is 18.2 Å². The molecule has 48 heavy (non-hydrogen) atoms. The zero-order chi connectivity index (χ0) is 40.3. The molecule has 5 nitrogen and oxygen atoms in total. The van der Waals surface area contributed by atoms with Crippen LogP contribution in [0.5, 0.6) is 0 Å². The molecule has 0 saturated carbocycles. The van der Waals surface area contributed by atoms with Crippen molar-refractivity contribution in [2.24, 2.45) is 0 Å². The summed E-state index contributed by atoms with van der Waals surface area (Å²) in [5, 5.41) is 0.597. The summed E-state index contributed by atoms with van der Waals surface area (Å²) in [5.41, 5.74) is 3.01. The lowest BCUT2D eigenvalue weighted by molar-refractivity contribution is 0.669. The Bertz CT molecular complexity index is 3350. The van der Waals surface area contributed by atoms with Gasteiger partial charge in [0.2, 0.25) is 0 Å². The largest absolute Gasteiger partial charge is 0.456 e. The van der Waals surface area contributed by atoms with Gasteiger partial charge in [0.05, 0.1) is 35.8 Å². The van der Waals surface area contributed by atoms with Crippen molar-refractivity contribution < 1.29 is 18.1 Å². The zero-order valence-corrected chi connectivity index (χ0v) is 24.9. The first-order valence-electron chi connectivity index (χ1n) is 20.2. The summed E-state index contributed by atoms with van der Waals surface area (Å²) >= 11 is 0. The highest BCUT2D eigenvalue weighted by molar-refractivity contribution is 6.17. The Morgan fingerprint density at radius 1 is 0.500 bits per heavy atom. The van der Waals surface area contributed by atoms with Gasteiger partial charge in [-0.05, 0) is 47.1 Å². The average molecular weight is 625 g/mol. The maximum Gasteiger partial charge on any atom is 0.164 e. The minimum atomic E-state index is -0.586. The Labute approximate surface area is 289 Å². The van der Waals surface area contributed by atoms with Crippen molar-refractivity contribution >= 4 is 54.5 Å². The van der Waals surface area contributed by atoms with E-state index >= 15 is 0 Å². The van der Waals surface area contributed by atoms with Crippen molar-refractivity contribution in [3.8, 4) is 39.9 Å². The molecule has 0 aliphatic heterocycles. The third kappa shape index (κ3) is 4.15. The molecule has 0 spiro atoms. The van der Waals surface area contributed by atoms with Crippen LogP contribution in [0.25, 0.3) is 94.4 Å². The molecule has 10 aromatic rings. The molecule has 0 aliphatic carbocycles. The molecule has 0 N–H and O–H groups in total. The Balaban J connectivity index is 1.42. The second-order valence-electron chi connectivity index (χ2n) is 11.3. The summed E-state index contributed by atoms with van der Waals surface area (Å²) in [4.78, 5) is 14.7.